The third-order valence-corrected chi connectivity index (χ3v) is 8.10. The number of nitrogens with zero attached hydrogens (tertiary/aromatic N) is 3. The Balaban J connectivity index is 1.42. The van der Waals surface area contributed by atoms with Crippen molar-refractivity contribution in [2.45, 2.75) is 115 Å². The van der Waals surface area contributed by atoms with Gasteiger partial charge < -0.3 is 24.0 Å². The molecule has 1 atom stereocenters. The van der Waals surface area contributed by atoms with Gasteiger partial charge in [0.15, 0.2) is 0 Å². The average Bonchev–Trinajstić information content (AvgIpc) is 3.26. The van der Waals surface area contributed by atoms with Crippen LogP contribution in [0.3, 0.4) is 0 Å². The van der Waals surface area contributed by atoms with Gasteiger partial charge in [-0.25, -0.2) is 4.79 Å². The van der Waals surface area contributed by atoms with Crippen molar-refractivity contribution in [3.05, 3.63) is 17.0 Å². The van der Waals surface area contributed by atoms with E-state index < -0.39 is 5.60 Å². The predicted octanol–water partition coefficient (Wildman–Crippen LogP) is 5.55. The van der Waals surface area contributed by atoms with E-state index in [-0.39, 0.29) is 17.8 Å². The van der Waals surface area contributed by atoms with Crippen LogP contribution in [0.25, 0.3) is 0 Å². The lowest BCUT2D eigenvalue weighted by molar-refractivity contribution is -0.102. The van der Waals surface area contributed by atoms with Crippen molar-refractivity contribution in [2.24, 2.45) is 0 Å². The summed E-state index contributed by atoms with van der Waals surface area (Å²) >= 11 is 0. The van der Waals surface area contributed by atoms with Gasteiger partial charge in [-0.3, -0.25) is 5.10 Å². The van der Waals surface area contributed by atoms with Gasteiger partial charge in [0.05, 0.1) is 23.1 Å². The van der Waals surface area contributed by atoms with Crippen molar-refractivity contribution >= 4 is 6.09 Å². The van der Waals surface area contributed by atoms with E-state index in [4.69, 9.17) is 19.3 Å². The lowest BCUT2D eigenvalue weighted by Crippen LogP contribution is -2.40. The molecule has 2 saturated heterocycles. The summed E-state index contributed by atoms with van der Waals surface area (Å²) in [5.74, 6) is 0.461. The summed E-state index contributed by atoms with van der Waals surface area (Å²) in [5.41, 5.74) is 3.31. The number of hydrogen-bond acceptors (Lipinski definition) is 6. The van der Waals surface area contributed by atoms with E-state index >= 15 is 0 Å². The largest absolute Gasteiger partial charge is 0.444 e. The normalized spacial score (nSPS) is 27.4. The van der Waals surface area contributed by atoms with Gasteiger partial charge in [-0.15, -0.1) is 0 Å². The Morgan fingerprint density at radius 3 is 2.44 bits per heavy atom. The maximum atomic E-state index is 12.4. The fourth-order valence-electron chi connectivity index (χ4n) is 5.95. The summed E-state index contributed by atoms with van der Waals surface area (Å²) in [6.07, 6.45) is 11.4. The molecule has 0 bridgehead atoms. The first-order valence-electron chi connectivity index (χ1n) is 14.1. The average molecular weight is 505 g/mol. The zero-order valence-corrected chi connectivity index (χ0v) is 23.2. The molecule has 1 amide bonds. The molecule has 8 nitrogen and oxygen atoms in total. The summed E-state index contributed by atoms with van der Waals surface area (Å²) < 4.78 is 18.0. The molecule has 1 N–H and O–H groups in total. The molecule has 36 heavy (non-hydrogen) atoms. The molecule has 1 aliphatic carbocycles. The summed E-state index contributed by atoms with van der Waals surface area (Å²) in [4.78, 5) is 16.3. The van der Waals surface area contributed by atoms with Crippen molar-refractivity contribution in [3.63, 3.8) is 0 Å². The fourth-order valence-corrected chi connectivity index (χ4v) is 5.95. The molecule has 2 aliphatic heterocycles. The lowest BCUT2D eigenvalue weighted by atomic mass is 9.73. The first kappa shape index (κ1) is 27.4. The van der Waals surface area contributed by atoms with Crippen LogP contribution in [-0.2, 0) is 20.8 Å². The van der Waals surface area contributed by atoms with Crippen LogP contribution < -0.4 is 0 Å². The minimum atomic E-state index is -0.487. The van der Waals surface area contributed by atoms with E-state index in [9.17, 15) is 4.79 Å². The van der Waals surface area contributed by atoms with E-state index in [1.165, 1.54) is 36.9 Å². The van der Waals surface area contributed by atoms with Crippen LogP contribution in [0.1, 0.15) is 114 Å². The highest BCUT2D eigenvalue weighted by atomic mass is 16.6. The van der Waals surface area contributed by atoms with Crippen LogP contribution in [0.2, 0.25) is 0 Å². The molecule has 0 aromatic carbocycles. The van der Waals surface area contributed by atoms with Crippen LogP contribution in [-0.4, -0.2) is 77.7 Å². The minimum Gasteiger partial charge on any atom is -0.444 e. The van der Waals surface area contributed by atoms with Crippen LogP contribution in [0, 0.1) is 0 Å². The Morgan fingerprint density at radius 2 is 1.81 bits per heavy atom. The first-order chi connectivity index (χ1) is 17.2. The molecule has 3 heterocycles. The van der Waals surface area contributed by atoms with E-state index in [2.05, 4.69) is 17.0 Å². The minimum absolute atomic E-state index is 0.101. The Kier molecular flexibility index (Phi) is 9.00. The maximum Gasteiger partial charge on any atom is 0.410 e. The number of carbonyl (C=O) groups is 1. The van der Waals surface area contributed by atoms with Crippen LogP contribution in [0.4, 0.5) is 4.79 Å². The van der Waals surface area contributed by atoms with Crippen molar-refractivity contribution in [1.82, 2.24) is 20.0 Å². The number of rotatable bonds is 7. The molecule has 3 fully saturated rings. The zero-order valence-electron chi connectivity index (χ0n) is 23.2. The summed E-state index contributed by atoms with van der Waals surface area (Å²) in [7, 11) is 3.93. The number of ether oxygens (including phenoxy) is 3. The van der Waals surface area contributed by atoms with Gasteiger partial charge in [-0.1, -0.05) is 0 Å². The van der Waals surface area contributed by atoms with E-state index in [1.807, 2.05) is 20.8 Å². The molecule has 1 spiro atoms. The van der Waals surface area contributed by atoms with Gasteiger partial charge in [0.25, 0.3) is 0 Å². The number of aromatic nitrogens is 2. The number of carbonyl (C=O) groups excluding carboxylic acids is 1. The molecule has 1 aromatic rings. The van der Waals surface area contributed by atoms with Crippen LogP contribution in [0.5, 0.6) is 0 Å². The van der Waals surface area contributed by atoms with Crippen molar-refractivity contribution < 1.29 is 19.0 Å². The molecule has 3 aliphatic rings. The number of likely N-dealkylation sites (N-methyl/N-ethyl adjacent to an activating group) is 2. The summed E-state index contributed by atoms with van der Waals surface area (Å²) in [6, 6.07) is 0. The number of hydrogen-bond donors (Lipinski definition) is 1. The van der Waals surface area contributed by atoms with Crippen LogP contribution >= 0.6 is 0 Å². The van der Waals surface area contributed by atoms with Gasteiger partial charge in [0.1, 0.15) is 5.60 Å². The topological polar surface area (TPSA) is 79.9 Å². The van der Waals surface area contributed by atoms with E-state index in [1.54, 1.807) is 11.9 Å². The molecular formula is C28H48N4O4. The highest BCUT2D eigenvalue weighted by molar-refractivity contribution is 5.67. The molecule has 0 radical (unpaired) electrons. The van der Waals surface area contributed by atoms with Crippen molar-refractivity contribution in [1.29, 1.82) is 0 Å². The molecule has 1 saturated carbocycles. The monoisotopic (exact) mass is 504 g/mol. The quantitative estimate of drug-likeness (QED) is 0.525. The van der Waals surface area contributed by atoms with Crippen LogP contribution in [0.15, 0.2) is 0 Å². The molecule has 1 unspecified atom stereocenters. The van der Waals surface area contributed by atoms with E-state index in [0.29, 0.717) is 12.5 Å². The maximum absolute atomic E-state index is 12.4. The Hall–Kier alpha value is -1.64. The van der Waals surface area contributed by atoms with Gasteiger partial charge in [0, 0.05) is 51.4 Å². The number of aromatic amines is 1. The lowest BCUT2D eigenvalue weighted by Gasteiger charge is -2.42. The molecule has 1 aromatic heterocycles. The third kappa shape index (κ3) is 7.01. The van der Waals surface area contributed by atoms with Crippen molar-refractivity contribution in [2.75, 3.05) is 40.4 Å². The number of nitrogens with one attached hydrogen (secondary N) is 1. The summed E-state index contributed by atoms with van der Waals surface area (Å²) in [5, 5.41) is 8.32. The number of amides is 1. The predicted molar refractivity (Wildman–Crippen MR) is 140 cm³/mol. The fraction of sp³-hybridized carbons (Fsp3) is 0.857. The molecule has 8 heteroatoms. The third-order valence-electron chi connectivity index (χ3n) is 8.10. The van der Waals surface area contributed by atoms with Gasteiger partial charge in [0.2, 0.25) is 0 Å². The second-order valence-corrected chi connectivity index (χ2v) is 12.3. The first-order valence-corrected chi connectivity index (χ1v) is 14.1. The molecule has 204 valence electrons. The van der Waals surface area contributed by atoms with Gasteiger partial charge in [-0.2, -0.15) is 5.10 Å². The standard InChI is InChI=1S/C28H48N4O4/c1-27(2,3)36-26(33)32(5)17-16-31(4)20-22-24(29-30-25(22)23-10-6-8-18-34-23)21-11-14-28(15-12-21)13-7-9-19-35-28/h21,23H,6-20H2,1-5H3,(H,29,30). The van der Waals surface area contributed by atoms with Gasteiger partial charge in [-0.05, 0) is 92.0 Å². The Morgan fingerprint density at radius 1 is 1.06 bits per heavy atom. The Labute approximate surface area is 217 Å². The molecular weight excluding hydrogens is 456 g/mol. The smallest absolute Gasteiger partial charge is 0.410 e. The highest BCUT2D eigenvalue weighted by Gasteiger charge is 2.39. The second kappa shape index (κ2) is 11.8. The highest BCUT2D eigenvalue weighted by Crippen LogP contribution is 2.45. The van der Waals surface area contributed by atoms with E-state index in [0.717, 1.165) is 70.5 Å². The summed E-state index contributed by atoms with van der Waals surface area (Å²) in [6.45, 7) is 9.59. The van der Waals surface area contributed by atoms with Gasteiger partial charge >= 0.3 is 6.09 Å². The SMILES string of the molecule is CN(CCN(C)C(=O)OC(C)(C)C)Cc1c(C2CCC3(CCCCO3)CC2)n[nH]c1C1CCCCO1. The second-order valence-electron chi connectivity index (χ2n) is 12.3. The Bertz CT molecular complexity index is 842. The number of H-pyrrole nitrogens is 1. The van der Waals surface area contributed by atoms with Crippen molar-refractivity contribution in [3.8, 4) is 0 Å². The zero-order chi connectivity index (χ0) is 25.8. The molecule has 4 rings (SSSR count).